The minimum Gasteiger partial charge on any atom is -0.455 e. The van der Waals surface area contributed by atoms with Crippen LogP contribution in [0, 0.1) is 6.92 Å². The summed E-state index contributed by atoms with van der Waals surface area (Å²) < 4.78 is 6.47. The highest BCUT2D eigenvalue weighted by molar-refractivity contribution is 6.14. The molecule has 0 bridgehead atoms. The quantitative estimate of drug-likeness (QED) is 0.163. The van der Waals surface area contributed by atoms with E-state index >= 15 is 0 Å². The lowest BCUT2D eigenvalue weighted by Crippen LogP contribution is -2.09. The van der Waals surface area contributed by atoms with Crippen molar-refractivity contribution in [3.05, 3.63) is 200 Å². The van der Waals surface area contributed by atoms with Gasteiger partial charge in [0.25, 0.3) is 0 Å². The van der Waals surface area contributed by atoms with Gasteiger partial charge >= 0.3 is 0 Å². The van der Waals surface area contributed by atoms with E-state index in [0.717, 1.165) is 50.1 Å². The van der Waals surface area contributed by atoms with Crippen molar-refractivity contribution in [1.82, 2.24) is 0 Å². The van der Waals surface area contributed by atoms with Gasteiger partial charge < -0.3 is 9.32 Å². The summed E-state index contributed by atoms with van der Waals surface area (Å²) in [5.41, 5.74) is 13.4. The van der Waals surface area contributed by atoms with Crippen molar-refractivity contribution in [2.24, 2.45) is 0 Å². The van der Waals surface area contributed by atoms with Crippen molar-refractivity contribution in [3.63, 3.8) is 0 Å². The van der Waals surface area contributed by atoms with Crippen LogP contribution in [0.4, 0.5) is 17.1 Å². The summed E-state index contributed by atoms with van der Waals surface area (Å²) in [5, 5.41) is 7.36. The molecule has 0 aliphatic carbocycles. The number of furan rings is 1. The highest BCUT2D eigenvalue weighted by Gasteiger charge is 2.18. The molecule has 1 aromatic heterocycles. The van der Waals surface area contributed by atoms with Crippen LogP contribution in [0.1, 0.15) is 5.56 Å². The van der Waals surface area contributed by atoms with E-state index in [4.69, 9.17) is 4.42 Å². The first-order valence-electron chi connectivity index (χ1n) is 18.2. The zero-order valence-electron chi connectivity index (χ0n) is 29.3. The molecular weight excluding hydrogens is 643 g/mol. The first-order chi connectivity index (χ1) is 26.2. The minimum absolute atomic E-state index is 0.913. The SMILES string of the molecule is Cc1ccc2c(oc3ccccc32)c1-c1ccc(N(c2ccc(-c3ccccc3)cc2)c2ccc(-c3cc4ccccc4c4ccccc34)cc2)cc1. The van der Waals surface area contributed by atoms with Crippen LogP contribution in [-0.2, 0) is 0 Å². The number of rotatable bonds is 6. The molecule has 0 radical (unpaired) electrons. The van der Waals surface area contributed by atoms with Gasteiger partial charge in [0.2, 0.25) is 0 Å². The largest absolute Gasteiger partial charge is 0.455 e. The van der Waals surface area contributed by atoms with E-state index < -0.39 is 0 Å². The summed E-state index contributed by atoms with van der Waals surface area (Å²) in [5.74, 6) is 0. The average Bonchev–Trinajstić information content (AvgIpc) is 3.60. The number of hydrogen-bond donors (Lipinski definition) is 0. The highest BCUT2D eigenvalue weighted by Crippen LogP contribution is 2.42. The molecule has 10 aromatic rings. The maximum atomic E-state index is 6.47. The molecule has 9 aromatic carbocycles. The van der Waals surface area contributed by atoms with E-state index in [2.05, 4.69) is 194 Å². The normalized spacial score (nSPS) is 11.5. The van der Waals surface area contributed by atoms with Crippen molar-refractivity contribution in [2.45, 2.75) is 6.92 Å². The summed E-state index contributed by atoms with van der Waals surface area (Å²) in [6.45, 7) is 2.16. The summed E-state index contributed by atoms with van der Waals surface area (Å²) in [7, 11) is 0. The van der Waals surface area contributed by atoms with E-state index in [-0.39, 0.29) is 0 Å². The Labute approximate surface area is 308 Å². The molecule has 0 saturated carbocycles. The summed E-state index contributed by atoms with van der Waals surface area (Å²) in [4.78, 5) is 2.34. The third kappa shape index (κ3) is 5.35. The van der Waals surface area contributed by atoms with E-state index in [1.54, 1.807) is 0 Å². The monoisotopic (exact) mass is 677 g/mol. The van der Waals surface area contributed by atoms with Crippen LogP contribution in [0.25, 0.3) is 76.9 Å². The van der Waals surface area contributed by atoms with Gasteiger partial charge in [0, 0.05) is 33.4 Å². The molecule has 0 atom stereocenters. The van der Waals surface area contributed by atoms with Gasteiger partial charge in [-0.2, -0.15) is 0 Å². The first-order valence-corrected chi connectivity index (χ1v) is 18.2. The van der Waals surface area contributed by atoms with Gasteiger partial charge in [-0.05, 0) is 110 Å². The molecule has 2 nitrogen and oxygen atoms in total. The van der Waals surface area contributed by atoms with Crippen LogP contribution in [0.15, 0.2) is 199 Å². The van der Waals surface area contributed by atoms with Crippen molar-refractivity contribution in [2.75, 3.05) is 4.90 Å². The fraction of sp³-hybridized carbons (Fsp3) is 0.0196. The fourth-order valence-corrected chi connectivity index (χ4v) is 7.99. The molecule has 0 amide bonds. The zero-order chi connectivity index (χ0) is 35.3. The molecule has 2 heteroatoms. The van der Waals surface area contributed by atoms with Gasteiger partial charge in [0.1, 0.15) is 11.2 Å². The number of benzene rings is 9. The Balaban J connectivity index is 1.08. The number of nitrogens with zero attached hydrogens (tertiary/aromatic N) is 1. The van der Waals surface area contributed by atoms with Crippen molar-refractivity contribution in [1.29, 1.82) is 0 Å². The van der Waals surface area contributed by atoms with E-state index in [1.165, 1.54) is 49.4 Å². The molecule has 0 aliphatic rings. The maximum Gasteiger partial charge on any atom is 0.143 e. The molecule has 250 valence electrons. The number of hydrogen-bond acceptors (Lipinski definition) is 2. The Hall–Kier alpha value is -6.90. The van der Waals surface area contributed by atoms with Crippen LogP contribution in [-0.4, -0.2) is 0 Å². The number of anilines is 3. The molecule has 1 heterocycles. The summed E-state index contributed by atoms with van der Waals surface area (Å²) in [6, 6.07) is 69.8. The topological polar surface area (TPSA) is 16.4 Å². The Bertz CT molecular complexity index is 2920. The van der Waals surface area contributed by atoms with Crippen molar-refractivity contribution < 1.29 is 4.42 Å². The van der Waals surface area contributed by atoms with Crippen LogP contribution < -0.4 is 4.90 Å². The van der Waals surface area contributed by atoms with Gasteiger partial charge in [-0.3, -0.25) is 0 Å². The predicted molar refractivity (Wildman–Crippen MR) is 224 cm³/mol. The average molecular weight is 678 g/mol. The molecule has 0 fully saturated rings. The second-order valence-electron chi connectivity index (χ2n) is 13.8. The van der Waals surface area contributed by atoms with Crippen molar-refractivity contribution >= 4 is 60.5 Å². The predicted octanol–water partition coefficient (Wildman–Crippen LogP) is 14.7. The molecule has 0 N–H and O–H groups in total. The molecule has 0 saturated heterocycles. The lowest BCUT2D eigenvalue weighted by atomic mass is 9.93. The summed E-state index contributed by atoms with van der Waals surface area (Å²) >= 11 is 0. The summed E-state index contributed by atoms with van der Waals surface area (Å²) in [6.07, 6.45) is 0. The third-order valence-corrected chi connectivity index (χ3v) is 10.6. The number of para-hydroxylation sites is 1. The van der Waals surface area contributed by atoms with Crippen LogP contribution in [0.5, 0.6) is 0 Å². The van der Waals surface area contributed by atoms with Gasteiger partial charge in [-0.15, -0.1) is 0 Å². The molecule has 53 heavy (non-hydrogen) atoms. The van der Waals surface area contributed by atoms with Crippen LogP contribution in [0.2, 0.25) is 0 Å². The smallest absolute Gasteiger partial charge is 0.143 e. The van der Waals surface area contributed by atoms with Crippen LogP contribution >= 0.6 is 0 Å². The fourth-order valence-electron chi connectivity index (χ4n) is 7.99. The molecular formula is C51H35NO. The zero-order valence-corrected chi connectivity index (χ0v) is 29.3. The van der Waals surface area contributed by atoms with Crippen LogP contribution in [0.3, 0.4) is 0 Å². The Kier molecular flexibility index (Phi) is 7.40. The second-order valence-corrected chi connectivity index (χ2v) is 13.8. The number of fused-ring (bicyclic) bond motifs is 6. The van der Waals surface area contributed by atoms with Gasteiger partial charge in [0.15, 0.2) is 0 Å². The molecule has 10 rings (SSSR count). The Morgan fingerprint density at radius 1 is 0.377 bits per heavy atom. The van der Waals surface area contributed by atoms with E-state index in [1.807, 2.05) is 12.1 Å². The lowest BCUT2D eigenvalue weighted by Gasteiger charge is -2.26. The third-order valence-electron chi connectivity index (χ3n) is 10.6. The van der Waals surface area contributed by atoms with Gasteiger partial charge in [0.05, 0.1) is 0 Å². The first kappa shape index (κ1) is 30.9. The standard InChI is InChI=1S/C51H35NO/c1-34-19-32-47-46-17-9-10-18-49(46)53-51(47)50(34)38-24-30-42(31-25-38)52(40-26-20-36(21-27-40)35-11-3-2-4-12-35)41-28-22-37(23-29-41)48-33-39-13-5-6-14-43(39)44-15-7-8-16-45(44)48/h2-33H,1H3. The maximum absolute atomic E-state index is 6.47. The Morgan fingerprint density at radius 3 is 1.60 bits per heavy atom. The van der Waals surface area contributed by atoms with Gasteiger partial charge in [-0.1, -0.05) is 146 Å². The van der Waals surface area contributed by atoms with E-state index in [0.29, 0.717) is 0 Å². The van der Waals surface area contributed by atoms with Crippen molar-refractivity contribution in [3.8, 4) is 33.4 Å². The van der Waals surface area contributed by atoms with Gasteiger partial charge in [-0.25, -0.2) is 0 Å². The minimum atomic E-state index is 0.913. The van der Waals surface area contributed by atoms with E-state index in [9.17, 15) is 0 Å². The number of aryl methyl sites for hydroxylation is 1. The molecule has 0 aliphatic heterocycles. The Morgan fingerprint density at radius 2 is 0.906 bits per heavy atom. The molecule has 0 spiro atoms. The second kappa shape index (κ2) is 12.7. The highest BCUT2D eigenvalue weighted by atomic mass is 16.3. The molecule has 0 unspecified atom stereocenters. The lowest BCUT2D eigenvalue weighted by molar-refractivity contribution is 0.669.